The second-order valence-corrected chi connectivity index (χ2v) is 8.03. The molecule has 4 rings (SSSR count). The molecule has 0 spiro atoms. The molecule has 1 fully saturated rings. The van der Waals surface area contributed by atoms with Gasteiger partial charge >= 0.3 is 5.97 Å². The molecule has 2 aromatic rings. The second kappa shape index (κ2) is 7.42. The lowest BCUT2D eigenvalue weighted by Crippen LogP contribution is -2.25. The summed E-state index contributed by atoms with van der Waals surface area (Å²) in [4.78, 5) is 25.2. The highest BCUT2D eigenvalue weighted by Crippen LogP contribution is 2.50. The predicted molar refractivity (Wildman–Crippen MR) is 107 cm³/mol. The van der Waals surface area contributed by atoms with Crippen LogP contribution in [0.15, 0.2) is 48.5 Å². The molecule has 0 N–H and O–H groups in total. The molecule has 4 heteroatoms. The molecule has 1 aliphatic heterocycles. The Morgan fingerprint density at radius 2 is 1.64 bits per heavy atom. The summed E-state index contributed by atoms with van der Waals surface area (Å²) in [5.41, 5.74) is 1.78. The minimum atomic E-state index is -0.321. The van der Waals surface area contributed by atoms with Crippen LogP contribution in [0.1, 0.15) is 56.6 Å². The smallest absolute Gasteiger partial charge is 0.312 e. The molecule has 0 aromatic heterocycles. The van der Waals surface area contributed by atoms with E-state index in [0.717, 1.165) is 41.9 Å². The van der Waals surface area contributed by atoms with E-state index in [4.69, 9.17) is 9.47 Å². The fraction of sp³-hybridized carbons (Fsp3) is 0.417. The minimum absolute atomic E-state index is 0.0442. The zero-order valence-corrected chi connectivity index (χ0v) is 16.4. The van der Waals surface area contributed by atoms with Crippen LogP contribution in [0.5, 0.6) is 11.5 Å². The van der Waals surface area contributed by atoms with E-state index >= 15 is 0 Å². The Labute approximate surface area is 165 Å². The summed E-state index contributed by atoms with van der Waals surface area (Å²) < 4.78 is 11.5. The third kappa shape index (κ3) is 3.44. The maximum Gasteiger partial charge on any atom is 0.312 e. The summed E-state index contributed by atoms with van der Waals surface area (Å²) in [5, 5.41) is 0. The molecule has 1 aliphatic carbocycles. The van der Waals surface area contributed by atoms with Crippen molar-refractivity contribution in [3.63, 3.8) is 0 Å². The van der Waals surface area contributed by atoms with Gasteiger partial charge in [-0.1, -0.05) is 50.2 Å². The Kier molecular flexibility index (Phi) is 4.96. The minimum Gasteiger partial charge on any atom is -0.465 e. The molecule has 2 aliphatic rings. The van der Waals surface area contributed by atoms with Gasteiger partial charge in [-0.25, -0.2) is 0 Å². The van der Waals surface area contributed by atoms with Crippen molar-refractivity contribution >= 4 is 11.8 Å². The van der Waals surface area contributed by atoms with Gasteiger partial charge in [-0.05, 0) is 31.4 Å². The first-order valence-electron chi connectivity index (χ1n) is 10.1. The quantitative estimate of drug-likeness (QED) is 0.617. The fourth-order valence-electron chi connectivity index (χ4n) is 3.93. The van der Waals surface area contributed by atoms with Gasteiger partial charge in [0.05, 0.1) is 5.41 Å². The van der Waals surface area contributed by atoms with Gasteiger partial charge in [-0.3, -0.25) is 9.59 Å². The lowest BCUT2D eigenvalue weighted by Gasteiger charge is -2.28. The van der Waals surface area contributed by atoms with Gasteiger partial charge in [0.2, 0.25) is 0 Å². The van der Waals surface area contributed by atoms with Crippen LogP contribution >= 0.6 is 0 Å². The summed E-state index contributed by atoms with van der Waals surface area (Å²) in [5.74, 6) is 1.20. The van der Waals surface area contributed by atoms with Gasteiger partial charge in [-0.15, -0.1) is 0 Å². The van der Waals surface area contributed by atoms with Crippen LogP contribution in [0.2, 0.25) is 0 Å². The van der Waals surface area contributed by atoms with Crippen molar-refractivity contribution in [2.24, 2.45) is 11.3 Å². The van der Waals surface area contributed by atoms with Crippen molar-refractivity contribution in [2.75, 3.05) is 6.61 Å². The molecule has 2 aromatic carbocycles. The standard InChI is InChI=1S/C24H26O4/c1-3-24(12-13-24)23(26)27-15-16(2)20(25)14-19-17-8-4-6-10-21(17)28-22-11-7-5-9-18(19)22/h4-11,16,19H,3,12-15H2,1-2H3. The molecular weight excluding hydrogens is 352 g/mol. The maximum atomic E-state index is 12.9. The molecule has 28 heavy (non-hydrogen) atoms. The largest absolute Gasteiger partial charge is 0.465 e. The number of carbonyl (C=O) groups excluding carboxylic acids is 2. The maximum absolute atomic E-state index is 12.9. The van der Waals surface area contributed by atoms with Crippen molar-refractivity contribution < 1.29 is 19.1 Å². The molecule has 0 amide bonds. The number of ether oxygens (including phenoxy) is 2. The molecule has 0 bridgehead atoms. The average molecular weight is 378 g/mol. The summed E-state index contributed by atoms with van der Waals surface area (Å²) in [7, 11) is 0. The third-order valence-corrected chi connectivity index (χ3v) is 6.19. The summed E-state index contributed by atoms with van der Waals surface area (Å²) >= 11 is 0. The van der Waals surface area contributed by atoms with Crippen LogP contribution in [0.4, 0.5) is 0 Å². The molecule has 0 saturated heterocycles. The summed E-state index contributed by atoms with van der Waals surface area (Å²) in [6, 6.07) is 15.7. The zero-order chi connectivity index (χ0) is 19.7. The van der Waals surface area contributed by atoms with E-state index in [9.17, 15) is 9.59 Å². The van der Waals surface area contributed by atoms with E-state index in [1.807, 2.05) is 62.4 Å². The molecular formula is C24H26O4. The topological polar surface area (TPSA) is 52.6 Å². The number of esters is 1. The Balaban J connectivity index is 1.46. The van der Waals surface area contributed by atoms with E-state index in [2.05, 4.69) is 0 Å². The summed E-state index contributed by atoms with van der Waals surface area (Å²) in [6.45, 7) is 4.02. The van der Waals surface area contributed by atoms with Crippen LogP contribution in [0.25, 0.3) is 0 Å². The molecule has 1 atom stereocenters. The van der Waals surface area contributed by atoms with Crippen molar-refractivity contribution in [1.82, 2.24) is 0 Å². The highest BCUT2D eigenvalue weighted by Gasteiger charge is 2.49. The van der Waals surface area contributed by atoms with Crippen molar-refractivity contribution in [3.8, 4) is 11.5 Å². The number of ketones is 1. The molecule has 1 unspecified atom stereocenters. The molecule has 4 nitrogen and oxygen atoms in total. The Bertz CT molecular complexity index is 851. The lowest BCUT2D eigenvalue weighted by molar-refractivity contribution is -0.152. The van der Waals surface area contributed by atoms with Gasteiger partial charge in [0, 0.05) is 29.4 Å². The lowest BCUT2D eigenvalue weighted by atomic mass is 9.82. The first-order valence-corrected chi connectivity index (χ1v) is 10.1. The van der Waals surface area contributed by atoms with E-state index in [1.165, 1.54) is 0 Å². The number of carbonyl (C=O) groups is 2. The first kappa shape index (κ1) is 18.7. The van der Waals surface area contributed by atoms with Crippen LogP contribution < -0.4 is 4.74 Å². The number of para-hydroxylation sites is 2. The van der Waals surface area contributed by atoms with Crippen LogP contribution in [-0.2, 0) is 14.3 Å². The van der Waals surface area contributed by atoms with E-state index in [1.54, 1.807) is 0 Å². The highest BCUT2D eigenvalue weighted by molar-refractivity contribution is 5.84. The molecule has 146 valence electrons. The molecule has 1 heterocycles. The normalized spacial score (nSPS) is 17.6. The van der Waals surface area contributed by atoms with Gasteiger partial charge < -0.3 is 9.47 Å². The van der Waals surface area contributed by atoms with Crippen LogP contribution in [0, 0.1) is 11.3 Å². The van der Waals surface area contributed by atoms with Gasteiger partial charge in [0.1, 0.15) is 23.9 Å². The zero-order valence-electron chi connectivity index (χ0n) is 16.4. The number of benzene rings is 2. The van der Waals surface area contributed by atoms with Gasteiger partial charge in [0.15, 0.2) is 0 Å². The Hall–Kier alpha value is -2.62. The predicted octanol–water partition coefficient (Wildman–Crippen LogP) is 5.25. The monoisotopic (exact) mass is 378 g/mol. The number of fused-ring (bicyclic) bond motifs is 2. The number of hydrogen-bond donors (Lipinski definition) is 0. The Morgan fingerprint density at radius 1 is 1.07 bits per heavy atom. The summed E-state index contributed by atoms with van der Waals surface area (Å²) in [6.07, 6.45) is 2.99. The van der Waals surface area contributed by atoms with Crippen LogP contribution in [0.3, 0.4) is 0 Å². The van der Waals surface area contributed by atoms with Gasteiger partial charge in [0.25, 0.3) is 0 Å². The number of Topliss-reactive ketones (excluding diaryl/α,β-unsaturated/α-hetero) is 1. The third-order valence-electron chi connectivity index (χ3n) is 6.19. The van der Waals surface area contributed by atoms with E-state index in [0.29, 0.717) is 6.42 Å². The van der Waals surface area contributed by atoms with Gasteiger partial charge in [-0.2, -0.15) is 0 Å². The number of hydrogen-bond acceptors (Lipinski definition) is 4. The molecule has 0 radical (unpaired) electrons. The van der Waals surface area contributed by atoms with Crippen LogP contribution in [-0.4, -0.2) is 18.4 Å². The van der Waals surface area contributed by atoms with Crippen molar-refractivity contribution in [2.45, 2.75) is 45.4 Å². The Morgan fingerprint density at radius 3 is 2.18 bits per heavy atom. The molecule has 1 saturated carbocycles. The van der Waals surface area contributed by atoms with Crippen molar-refractivity contribution in [1.29, 1.82) is 0 Å². The van der Waals surface area contributed by atoms with E-state index < -0.39 is 0 Å². The fourth-order valence-corrected chi connectivity index (χ4v) is 3.93. The first-order chi connectivity index (χ1) is 13.5. The SMILES string of the molecule is CCC1(C(=O)OCC(C)C(=O)CC2c3ccccc3Oc3ccccc32)CC1. The van der Waals surface area contributed by atoms with Crippen molar-refractivity contribution in [3.05, 3.63) is 59.7 Å². The van der Waals surface area contributed by atoms with E-state index in [-0.39, 0.29) is 35.6 Å². The second-order valence-electron chi connectivity index (χ2n) is 8.03. The number of rotatable bonds is 7. The highest BCUT2D eigenvalue weighted by atomic mass is 16.5. The average Bonchev–Trinajstić information content (AvgIpc) is 3.53.